The molecule has 0 aliphatic heterocycles. The van der Waals surface area contributed by atoms with Gasteiger partial charge in [-0.25, -0.2) is 4.98 Å². The van der Waals surface area contributed by atoms with Crippen LogP contribution >= 0.6 is 11.3 Å². The van der Waals surface area contributed by atoms with Crippen LogP contribution in [0, 0.1) is 40.5 Å². The van der Waals surface area contributed by atoms with Gasteiger partial charge in [0, 0.05) is 12.5 Å². The summed E-state index contributed by atoms with van der Waals surface area (Å²) in [4.78, 5) is 30.3. The first-order valence-electron chi connectivity index (χ1n) is 9.70. The SMILES string of the molecule is Cc1cc(C)c(C2C(=O)C(CCNC(=O)c3sc(C)nc3C)CC2O)c(C)c1. The van der Waals surface area contributed by atoms with E-state index in [2.05, 4.69) is 22.4 Å². The Morgan fingerprint density at radius 1 is 1.21 bits per heavy atom. The van der Waals surface area contributed by atoms with Gasteiger partial charge in [0.25, 0.3) is 5.91 Å². The average molecular weight is 401 g/mol. The Labute approximate surface area is 170 Å². The van der Waals surface area contributed by atoms with Crippen LogP contribution in [0.5, 0.6) is 0 Å². The Bertz CT molecular complexity index is 895. The van der Waals surface area contributed by atoms with Crippen molar-refractivity contribution in [3.8, 4) is 0 Å². The largest absolute Gasteiger partial charge is 0.392 e. The van der Waals surface area contributed by atoms with Crippen molar-refractivity contribution in [1.29, 1.82) is 0 Å². The second kappa shape index (κ2) is 8.13. The van der Waals surface area contributed by atoms with Gasteiger partial charge in [-0.15, -0.1) is 11.3 Å². The van der Waals surface area contributed by atoms with E-state index in [0.29, 0.717) is 24.3 Å². The van der Waals surface area contributed by atoms with E-state index in [4.69, 9.17) is 0 Å². The number of aryl methyl sites for hydroxylation is 5. The van der Waals surface area contributed by atoms with Gasteiger partial charge in [0.05, 0.1) is 22.7 Å². The topological polar surface area (TPSA) is 79.3 Å². The predicted octanol–water partition coefficient (Wildman–Crippen LogP) is 3.54. The lowest BCUT2D eigenvalue weighted by Crippen LogP contribution is -2.27. The molecule has 6 heteroatoms. The molecule has 1 fully saturated rings. The number of aromatic nitrogens is 1. The van der Waals surface area contributed by atoms with Crippen molar-refractivity contribution in [3.63, 3.8) is 0 Å². The van der Waals surface area contributed by atoms with Crippen LogP contribution in [0.1, 0.15) is 61.4 Å². The molecule has 1 aliphatic rings. The number of rotatable bonds is 5. The highest BCUT2D eigenvalue weighted by Gasteiger charge is 2.42. The Balaban J connectivity index is 1.65. The quantitative estimate of drug-likeness (QED) is 0.805. The highest BCUT2D eigenvalue weighted by molar-refractivity contribution is 7.13. The number of amides is 1. The third-order valence-corrected chi connectivity index (χ3v) is 6.63. The van der Waals surface area contributed by atoms with Crippen LogP contribution in [0.3, 0.4) is 0 Å². The number of hydrogen-bond acceptors (Lipinski definition) is 5. The van der Waals surface area contributed by atoms with Crippen molar-refractivity contribution in [2.24, 2.45) is 5.92 Å². The molecule has 1 saturated carbocycles. The molecule has 3 rings (SSSR count). The fourth-order valence-electron chi connectivity index (χ4n) is 4.45. The lowest BCUT2D eigenvalue weighted by Gasteiger charge is -2.19. The van der Waals surface area contributed by atoms with E-state index in [1.165, 1.54) is 11.3 Å². The summed E-state index contributed by atoms with van der Waals surface area (Å²) < 4.78 is 0. The van der Waals surface area contributed by atoms with Gasteiger partial charge in [-0.3, -0.25) is 9.59 Å². The number of nitrogens with zero attached hydrogens (tertiary/aromatic N) is 1. The van der Waals surface area contributed by atoms with Gasteiger partial charge in [0.2, 0.25) is 0 Å². The molecule has 3 atom stereocenters. The molecule has 3 unspecified atom stereocenters. The Hall–Kier alpha value is -2.05. The lowest BCUT2D eigenvalue weighted by molar-refractivity contribution is -0.122. The zero-order valence-electron chi connectivity index (χ0n) is 17.1. The standard InChI is InChI=1S/C22H28N2O3S/c1-11-8-12(2)18(13(3)9-11)19-17(25)10-16(20(19)26)6-7-23-22(27)21-14(4)24-15(5)28-21/h8-9,16-17,19,25H,6-7,10H2,1-5H3,(H,23,27). The second-order valence-corrected chi connectivity index (χ2v) is 9.09. The van der Waals surface area contributed by atoms with Crippen molar-refractivity contribution in [2.45, 2.75) is 59.5 Å². The summed E-state index contributed by atoms with van der Waals surface area (Å²) in [6, 6.07) is 4.13. The summed E-state index contributed by atoms with van der Waals surface area (Å²) >= 11 is 1.38. The first kappa shape index (κ1) is 20.7. The van der Waals surface area contributed by atoms with E-state index in [1.807, 2.05) is 34.6 Å². The molecule has 1 aromatic heterocycles. The zero-order valence-corrected chi connectivity index (χ0v) is 17.9. The van der Waals surface area contributed by atoms with E-state index in [1.54, 1.807) is 0 Å². The van der Waals surface area contributed by atoms with E-state index >= 15 is 0 Å². The van der Waals surface area contributed by atoms with Crippen LogP contribution in [0.15, 0.2) is 12.1 Å². The maximum Gasteiger partial charge on any atom is 0.263 e. The number of thiazole rings is 1. The fraction of sp³-hybridized carbons (Fsp3) is 0.500. The van der Waals surface area contributed by atoms with E-state index in [-0.39, 0.29) is 17.6 Å². The molecule has 5 nitrogen and oxygen atoms in total. The number of Topliss-reactive ketones (excluding diaryl/α,β-unsaturated/α-hetero) is 1. The van der Waals surface area contributed by atoms with Gasteiger partial charge in [-0.05, 0) is 64.2 Å². The van der Waals surface area contributed by atoms with Crippen molar-refractivity contribution >= 4 is 23.0 Å². The van der Waals surface area contributed by atoms with Gasteiger partial charge >= 0.3 is 0 Å². The van der Waals surface area contributed by atoms with Crippen LogP contribution in [0.4, 0.5) is 0 Å². The predicted molar refractivity (Wildman–Crippen MR) is 111 cm³/mol. The molecule has 0 spiro atoms. The number of aliphatic hydroxyl groups is 1. The molecule has 0 saturated heterocycles. The van der Waals surface area contributed by atoms with Crippen molar-refractivity contribution in [1.82, 2.24) is 10.3 Å². The number of ketones is 1. The molecule has 150 valence electrons. The molecule has 28 heavy (non-hydrogen) atoms. The molecular formula is C22H28N2O3S. The first-order chi connectivity index (χ1) is 13.2. The summed E-state index contributed by atoms with van der Waals surface area (Å²) in [7, 11) is 0. The van der Waals surface area contributed by atoms with Crippen LogP contribution in [0.25, 0.3) is 0 Å². The van der Waals surface area contributed by atoms with E-state index in [9.17, 15) is 14.7 Å². The minimum atomic E-state index is -0.667. The number of benzene rings is 1. The summed E-state index contributed by atoms with van der Waals surface area (Å²) in [5, 5.41) is 14.4. The van der Waals surface area contributed by atoms with Gasteiger partial charge in [-0.2, -0.15) is 0 Å². The molecule has 1 aliphatic carbocycles. The number of nitrogens with one attached hydrogen (secondary N) is 1. The first-order valence-corrected chi connectivity index (χ1v) is 10.5. The summed E-state index contributed by atoms with van der Waals surface area (Å²) in [6.45, 7) is 10.2. The zero-order chi connectivity index (χ0) is 20.6. The van der Waals surface area contributed by atoms with Gasteiger partial charge < -0.3 is 10.4 Å². The third kappa shape index (κ3) is 4.03. The maximum absolute atomic E-state index is 13.0. The van der Waals surface area contributed by atoms with Crippen LogP contribution in [0.2, 0.25) is 0 Å². The van der Waals surface area contributed by atoms with Gasteiger partial charge in [0.15, 0.2) is 0 Å². The summed E-state index contributed by atoms with van der Waals surface area (Å²) in [5.41, 5.74) is 4.97. The molecule has 2 N–H and O–H groups in total. The molecule has 0 bridgehead atoms. The Kier molecular flexibility index (Phi) is 6.01. The second-order valence-electron chi connectivity index (χ2n) is 7.88. The molecule has 0 radical (unpaired) electrons. The van der Waals surface area contributed by atoms with Gasteiger partial charge in [-0.1, -0.05) is 17.7 Å². The van der Waals surface area contributed by atoms with Crippen molar-refractivity contribution in [3.05, 3.63) is 50.0 Å². The molecule has 1 amide bonds. The smallest absolute Gasteiger partial charge is 0.263 e. The third-order valence-electron chi connectivity index (χ3n) is 5.56. The monoisotopic (exact) mass is 400 g/mol. The molecular weight excluding hydrogens is 372 g/mol. The lowest BCUT2D eigenvalue weighted by atomic mass is 9.86. The number of aliphatic hydroxyl groups excluding tert-OH is 1. The molecule has 1 heterocycles. The normalized spacial score (nSPS) is 21.9. The number of hydrogen-bond donors (Lipinski definition) is 2. The minimum absolute atomic E-state index is 0.0848. The van der Waals surface area contributed by atoms with Crippen LogP contribution < -0.4 is 5.32 Å². The van der Waals surface area contributed by atoms with Crippen molar-refractivity contribution < 1.29 is 14.7 Å². The Morgan fingerprint density at radius 3 is 2.43 bits per heavy atom. The number of carbonyl (C=O) groups is 2. The molecule has 2 aromatic rings. The van der Waals surface area contributed by atoms with Crippen LogP contribution in [-0.4, -0.2) is 34.4 Å². The average Bonchev–Trinajstić information content (AvgIpc) is 3.07. The maximum atomic E-state index is 13.0. The van der Waals surface area contributed by atoms with E-state index in [0.717, 1.165) is 33.0 Å². The summed E-state index contributed by atoms with van der Waals surface area (Å²) in [6.07, 6.45) is 0.323. The summed E-state index contributed by atoms with van der Waals surface area (Å²) in [5.74, 6) is -0.755. The molecule has 1 aromatic carbocycles. The van der Waals surface area contributed by atoms with E-state index < -0.39 is 12.0 Å². The highest BCUT2D eigenvalue weighted by atomic mass is 32.1. The minimum Gasteiger partial charge on any atom is -0.392 e. The Morgan fingerprint density at radius 2 is 1.86 bits per heavy atom. The van der Waals surface area contributed by atoms with Crippen molar-refractivity contribution in [2.75, 3.05) is 6.54 Å². The number of carbonyl (C=O) groups excluding carboxylic acids is 2. The van der Waals surface area contributed by atoms with Crippen LogP contribution in [-0.2, 0) is 4.79 Å². The fourth-order valence-corrected chi connectivity index (χ4v) is 5.28. The highest BCUT2D eigenvalue weighted by Crippen LogP contribution is 2.39. The van der Waals surface area contributed by atoms with Gasteiger partial charge in [0.1, 0.15) is 10.7 Å².